The maximum atomic E-state index is 9.36. The molecule has 0 atom stereocenters. The van der Waals surface area contributed by atoms with E-state index in [0.29, 0.717) is 13.2 Å². The molecule has 0 saturated carbocycles. The maximum Gasteiger partial charge on any atom is 0.0857 e. The molecule has 6 nitrogen and oxygen atoms in total. The Bertz CT molecular complexity index is 223. The fourth-order valence-electron chi connectivity index (χ4n) is 1.12. The van der Waals surface area contributed by atoms with Gasteiger partial charge in [-0.1, -0.05) is 0 Å². The molecule has 0 aromatic heterocycles. The van der Waals surface area contributed by atoms with E-state index in [1.54, 1.807) is 14.2 Å². The largest absolute Gasteiger partial charge is 0.548 e. The van der Waals surface area contributed by atoms with Crippen LogP contribution in [0.3, 0.4) is 0 Å². The molecular weight excluding hydrogens is 283 g/mol. The first-order valence-electron chi connectivity index (χ1n) is 6.46. The third kappa shape index (κ3) is 20.1. The highest BCUT2D eigenvalue weighted by molar-refractivity contribution is 7.74. The molecule has 0 heterocycles. The van der Waals surface area contributed by atoms with Crippen molar-refractivity contribution >= 4 is 13.2 Å². The average Bonchev–Trinajstić information content (AvgIpc) is 2.37. The summed E-state index contributed by atoms with van der Waals surface area (Å²) in [7, 11) is 3.96. The van der Waals surface area contributed by atoms with Crippen molar-refractivity contribution in [2.45, 2.75) is 0 Å². The number of carbonyl (C=O) groups excluding carboxylic acids is 1. The zero-order valence-corrected chi connectivity index (χ0v) is 14.2. The summed E-state index contributed by atoms with van der Waals surface area (Å²) >= 11 is 0. The number of carboxylic acid groups (broad SMARTS) is 1. The van der Waals surface area contributed by atoms with E-state index in [1.807, 2.05) is 0 Å². The molecule has 0 aliphatic heterocycles. The van der Waals surface area contributed by atoms with Crippen molar-refractivity contribution in [2.75, 3.05) is 80.0 Å². The van der Waals surface area contributed by atoms with E-state index in [2.05, 4.69) is 18.1 Å². The van der Waals surface area contributed by atoms with Gasteiger partial charge in [-0.25, -0.2) is 0 Å². The highest BCUT2D eigenvalue weighted by Gasteiger charge is 2.23. The monoisotopic (exact) mass is 312 g/mol. The Morgan fingerprint density at radius 3 is 1.85 bits per heavy atom. The predicted octanol–water partition coefficient (Wildman–Crippen LogP) is -0.0443. The Morgan fingerprint density at radius 1 is 0.900 bits per heavy atom. The summed E-state index contributed by atoms with van der Waals surface area (Å²) < 4.78 is 19.6. The molecule has 0 amide bonds. The van der Waals surface area contributed by atoms with Gasteiger partial charge in [0, 0.05) is 41.9 Å². The molecule has 0 aromatic rings. The predicted molar refractivity (Wildman–Crippen MR) is 80.0 cm³/mol. The molecule has 7 heteroatoms. The number of methoxy groups -OCH3 is 3. The van der Waals surface area contributed by atoms with Crippen LogP contribution in [0.1, 0.15) is 0 Å². The molecule has 0 spiro atoms. The number of carboxylic acids is 1. The van der Waals surface area contributed by atoms with Gasteiger partial charge in [-0.15, -0.1) is 0 Å². The summed E-state index contributed by atoms with van der Waals surface area (Å²) in [6.45, 7) is 7.52. The zero-order valence-electron chi connectivity index (χ0n) is 13.3. The van der Waals surface area contributed by atoms with Crippen LogP contribution < -0.4 is 5.11 Å². The van der Waals surface area contributed by atoms with E-state index >= 15 is 0 Å². The molecule has 0 radical (unpaired) electrons. The summed E-state index contributed by atoms with van der Waals surface area (Å²) in [5.74, 6) is -1.18. The molecule has 0 aromatic carbocycles. The normalized spacial score (nSPS) is 10.8. The SMILES string of the molecule is COCC(=O)[O-].COCCOCC[P+](C)(C)CCOC. The fraction of sp³-hybridized carbons (Fsp3) is 0.923. The molecule has 0 N–H and O–H groups in total. The van der Waals surface area contributed by atoms with Crippen molar-refractivity contribution in [3.05, 3.63) is 0 Å². The standard InChI is InChI=1S/C10H24O3P.C3H6O3/c1-11-5-6-13-8-10-14(3,4)9-7-12-2;1-6-2-3(4)5/h5-10H2,1-4H3;2H2,1H3,(H,4,5)/q+1;/p-1. The minimum absolute atomic E-state index is 0.319. The first-order valence-corrected chi connectivity index (χ1v) is 9.51. The third-order valence-corrected chi connectivity index (χ3v) is 5.22. The van der Waals surface area contributed by atoms with Gasteiger partial charge in [0.1, 0.15) is 0 Å². The molecule has 20 heavy (non-hydrogen) atoms. The fourth-order valence-corrected chi connectivity index (χ4v) is 2.65. The lowest BCUT2D eigenvalue weighted by Gasteiger charge is -2.17. The molecule has 0 fully saturated rings. The lowest BCUT2D eigenvalue weighted by molar-refractivity contribution is -0.309. The van der Waals surface area contributed by atoms with E-state index in [1.165, 1.54) is 19.4 Å². The van der Waals surface area contributed by atoms with Gasteiger partial charge in [-0.3, -0.25) is 0 Å². The molecular formula is C13H29O6P. The molecule has 0 aliphatic rings. The summed E-state index contributed by atoms with van der Waals surface area (Å²) in [4.78, 5) is 9.36. The maximum absolute atomic E-state index is 9.36. The van der Waals surface area contributed by atoms with E-state index in [-0.39, 0.29) is 6.61 Å². The summed E-state index contributed by atoms with van der Waals surface area (Å²) in [5.41, 5.74) is 0. The van der Waals surface area contributed by atoms with E-state index in [0.717, 1.165) is 13.2 Å². The smallest absolute Gasteiger partial charge is 0.0857 e. The van der Waals surface area contributed by atoms with Crippen LogP contribution in [0.4, 0.5) is 0 Å². The van der Waals surface area contributed by atoms with Crippen LogP contribution >= 0.6 is 7.26 Å². The van der Waals surface area contributed by atoms with Crippen molar-refractivity contribution in [3.63, 3.8) is 0 Å². The van der Waals surface area contributed by atoms with Crippen LogP contribution in [-0.2, 0) is 23.7 Å². The quantitative estimate of drug-likeness (QED) is 0.393. The molecule has 0 aliphatic carbocycles. The number of hydrogen-bond acceptors (Lipinski definition) is 6. The van der Waals surface area contributed by atoms with Gasteiger partial charge in [0.25, 0.3) is 0 Å². The van der Waals surface area contributed by atoms with Crippen LogP contribution in [0.2, 0.25) is 0 Å². The summed E-state index contributed by atoms with van der Waals surface area (Å²) in [6.07, 6.45) is 2.37. The first kappa shape index (κ1) is 22.0. The Labute approximate surface area is 123 Å². The van der Waals surface area contributed by atoms with E-state index < -0.39 is 13.2 Å². The number of aliphatic carboxylic acids is 1. The van der Waals surface area contributed by atoms with Crippen LogP contribution in [0.5, 0.6) is 0 Å². The van der Waals surface area contributed by atoms with Gasteiger partial charge in [0.15, 0.2) is 0 Å². The van der Waals surface area contributed by atoms with Crippen LogP contribution in [0, 0.1) is 0 Å². The second kappa shape index (κ2) is 15.1. The van der Waals surface area contributed by atoms with Crippen molar-refractivity contribution in [1.29, 1.82) is 0 Å². The van der Waals surface area contributed by atoms with Crippen LogP contribution in [0.25, 0.3) is 0 Å². The second-order valence-corrected chi connectivity index (χ2v) is 9.55. The Kier molecular flexibility index (Phi) is 16.7. The minimum atomic E-state index is -1.18. The van der Waals surface area contributed by atoms with Crippen LogP contribution in [-0.4, -0.2) is 86.0 Å². The lowest BCUT2D eigenvalue weighted by Crippen LogP contribution is -2.26. The number of ether oxygens (including phenoxy) is 4. The molecule has 122 valence electrons. The number of carbonyl (C=O) groups is 1. The van der Waals surface area contributed by atoms with Crippen molar-refractivity contribution in [2.24, 2.45) is 0 Å². The van der Waals surface area contributed by atoms with Gasteiger partial charge in [-0.2, -0.15) is 0 Å². The topological polar surface area (TPSA) is 77.1 Å². The zero-order chi connectivity index (χ0) is 15.9. The Balaban J connectivity index is 0. The average molecular weight is 312 g/mol. The highest BCUT2D eigenvalue weighted by Crippen LogP contribution is 2.50. The second-order valence-electron chi connectivity index (χ2n) is 4.79. The van der Waals surface area contributed by atoms with Gasteiger partial charge in [0.2, 0.25) is 0 Å². The Morgan fingerprint density at radius 2 is 1.45 bits per heavy atom. The van der Waals surface area contributed by atoms with E-state index in [4.69, 9.17) is 14.2 Å². The first-order chi connectivity index (χ1) is 9.39. The van der Waals surface area contributed by atoms with Gasteiger partial charge >= 0.3 is 0 Å². The summed E-state index contributed by atoms with van der Waals surface area (Å²) in [6, 6.07) is 0. The lowest BCUT2D eigenvalue weighted by atomic mass is 10.7. The molecule has 0 bridgehead atoms. The van der Waals surface area contributed by atoms with Crippen molar-refractivity contribution in [3.8, 4) is 0 Å². The number of hydrogen-bond donors (Lipinski definition) is 0. The minimum Gasteiger partial charge on any atom is -0.548 e. The van der Waals surface area contributed by atoms with Crippen molar-refractivity contribution in [1.82, 2.24) is 0 Å². The Hall–Kier alpha value is -0.260. The molecule has 0 rings (SSSR count). The molecule has 0 unspecified atom stereocenters. The van der Waals surface area contributed by atoms with Gasteiger partial charge in [-0.05, 0) is 0 Å². The van der Waals surface area contributed by atoms with E-state index in [9.17, 15) is 9.90 Å². The number of rotatable bonds is 11. The van der Waals surface area contributed by atoms with Gasteiger partial charge < -0.3 is 28.8 Å². The third-order valence-electron chi connectivity index (χ3n) is 2.44. The van der Waals surface area contributed by atoms with Crippen LogP contribution in [0.15, 0.2) is 0 Å². The van der Waals surface area contributed by atoms with Crippen molar-refractivity contribution < 1.29 is 28.8 Å². The molecule has 0 saturated heterocycles. The highest BCUT2D eigenvalue weighted by atomic mass is 31.2. The van der Waals surface area contributed by atoms with Gasteiger partial charge in [0.05, 0.1) is 51.3 Å². The summed E-state index contributed by atoms with van der Waals surface area (Å²) in [5, 5.41) is 9.36.